The Morgan fingerprint density at radius 3 is 2.33 bits per heavy atom. The summed E-state index contributed by atoms with van der Waals surface area (Å²) in [6, 6.07) is 9.17. The smallest absolute Gasteiger partial charge is 0.329 e. The van der Waals surface area contributed by atoms with Crippen molar-refractivity contribution in [2.45, 2.75) is 11.8 Å². The minimum atomic E-state index is -1.11. The molecule has 0 aliphatic rings. The molecule has 0 fully saturated rings. The van der Waals surface area contributed by atoms with E-state index in [4.69, 9.17) is 5.11 Å². The van der Waals surface area contributed by atoms with Crippen molar-refractivity contribution in [3.8, 4) is 0 Å². The predicted molar refractivity (Wildman–Crippen MR) is 58.7 cm³/mol. The minimum Gasteiger partial charge on any atom is -0.478 e. The molecule has 0 heterocycles. The molecule has 0 aliphatic heterocycles. The Hall–Kier alpha value is -1.55. The fourth-order valence-corrected chi connectivity index (χ4v) is 1.78. The molecular weight excluding hydrogens is 212 g/mol. The molecule has 0 saturated carbocycles. The third kappa shape index (κ3) is 3.99. The highest BCUT2D eigenvalue weighted by Gasteiger charge is 2.07. The normalized spacial score (nSPS) is 11.1. The van der Waals surface area contributed by atoms with E-state index in [1.54, 1.807) is 0 Å². The summed E-state index contributed by atoms with van der Waals surface area (Å²) in [5, 5.41) is 8.57. The number of carboxylic acids is 1. The van der Waals surface area contributed by atoms with Gasteiger partial charge in [0, 0.05) is 11.0 Å². The lowest BCUT2D eigenvalue weighted by Gasteiger charge is -2.01. The van der Waals surface area contributed by atoms with Gasteiger partial charge in [-0.05, 0) is 19.1 Å². The van der Waals surface area contributed by atoms with E-state index in [9.17, 15) is 9.59 Å². The van der Waals surface area contributed by atoms with Crippen LogP contribution < -0.4 is 0 Å². The Morgan fingerprint density at radius 1 is 1.27 bits per heavy atom. The third-order valence-corrected chi connectivity index (χ3v) is 2.71. The first-order chi connectivity index (χ1) is 7.09. The number of thioether (sulfide) groups is 1. The van der Waals surface area contributed by atoms with Crippen LogP contribution in [0.4, 0.5) is 0 Å². The van der Waals surface area contributed by atoms with E-state index in [2.05, 4.69) is 0 Å². The Morgan fingerprint density at radius 2 is 1.87 bits per heavy atom. The van der Waals surface area contributed by atoms with Crippen LogP contribution in [-0.4, -0.2) is 16.9 Å². The standard InChI is InChI=1S/C11H10O3S/c1-8(12)10(7-11(13)14)15-9-5-3-2-4-6-9/h2-7H,1H3,(H,13,14). The number of Topliss-reactive ketones (excluding diaryl/α,β-unsaturated/α-hetero) is 1. The SMILES string of the molecule is CC(=O)C(=CC(=O)O)Sc1ccccc1. The number of hydrogen-bond donors (Lipinski definition) is 1. The van der Waals surface area contributed by atoms with Gasteiger partial charge in [0.2, 0.25) is 0 Å². The van der Waals surface area contributed by atoms with E-state index in [1.807, 2.05) is 30.3 Å². The number of hydrogen-bond acceptors (Lipinski definition) is 3. The van der Waals surface area contributed by atoms with Gasteiger partial charge < -0.3 is 5.11 Å². The minimum absolute atomic E-state index is 0.230. The van der Waals surface area contributed by atoms with Crippen LogP contribution in [0.25, 0.3) is 0 Å². The van der Waals surface area contributed by atoms with Crippen LogP contribution in [0, 0.1) is 0 Å². The highest BCUT2D eigenvalue weighted by Crippen LogP contribution is 2.26. The average Bonchev–Trinajstić information content (AvgIpc) is 2.17. The van der Waals surface area contributed by atoms with Gasteiger partial charge in [0.15, 0.2) is 5.78 Å². The zero-order valence-electron chi connectivity index (χ0n) is 8.14. The molecular formula is C11H10O3S. The van der Waals surface area contributed by atoms with E-state index in [0.717, 1.165) is 22.7 Å². The van der Waals surface area contributed by atoms with E-state index in [1.165, 1.54) is 6.92 Å². The van der Waals surface area contributed by atoms with Crippen molar-refractivity contribution < 1.29 is 14.7 Å². The maximum atomic E-state index is 11.1. The monoisotopic (exact) mass is 222 g/mol. The van der Waals surface area contributed by atoms with Gasteiger partial charge in [-0.1, -0.05) is 30.0 Å². The van der Waals surface area contributed by atoms with Gasteiger partial charge in [-0.3, -0.25) is 4.79 Å². The largest absolute Gasteiger partial charge is 0.478 e. The van der Waals surface area contributed by atoms with Gasteiger partial charge in [0.1, 0.15) is 0 Å². The molecule has 0 unspecified atom stereocenters. The average molecular weight is 222 g/mol. The van der Waals surface area contributed by atoms with Gasteiger partial charge >= 0.3 is 5.97 Å². The molecule has 15 heavy (non-hydrogen) atoms. The fourth-order valence-electron chi connectivity index (χ4n) is 0.931. The summed E-state index contributed by atoms with van der Waals surface area (Å²) in [6.45, 7) is 1.35. The van der Waals surface area contributed by atoms with Crippen LogP contribution in [0.15, 0.2) is 46.2 Å². The van der Waals surface area contributed by atoms with E-state index in [-0.39, 0.29) is 10.7 Å². The molecule has 0 saturated heterocycles. The first kappa shape index (κ1) is 11.5. The zero-order chi connectivity index (χ0) is 11.3. The molecule has 1 aromatic carbocycles. The van der Waals surface area contributed by atoms with E-state index >= 15 is 0 Å². The van der Waals surface area contributed by atoms with Crippen molar-refractivity contribution >= 4 is 23.5 Å². The maximum Gasteiger partial charge on any atom is 0.329 e. The lowest BCUT2D eigenvalue weighted by Crippen LogP contribution is -1.97. The van der Waals surface area contributed by atoms with Crippen LogP contribution in [0.2, 0.25) is 0 Å². The van der Waals surface area contributed by atoms with E-state index < -0.39 is 5.97 Å². The predicted octanol–water partition coefficient (Wildman–Crippen LogP) is 2.34. The second-order valence-corrected chi connectivity index (χ2v) is 3.93. The summed E-state index contributed by atoms with van der Waals surface area (Å²) in [4.78, 5) is 22.7. The molecule has 0 aromatic heterocycles. The molecule has 0 amide bonds. The molecule has 0 aliphatic carbocycles. The molecule has 1 N–H and O–H groups in total. The van der Waals surface area contributed by atoms with Crippen LogP contribution in [0.1, 0.15) is 6.92 Å². The van der Waals surface area contributed by atoms with Gasteiger partial charge in [0.05, 0.1) is 4.91 Å². The topological polar surface area (TPSA) is 54.4 Å². The molecule has 0 radical (unpaired) electrons. The van der Waals surface area contributed by atoms with Crippen LogP contribution in [0.3, 0.4) is 0 Å². The van der Waals surface area contributed by atoms with Crippen molar-refractivity contribution in [3.63, 3.8) is 0 Å². The summed E-state index contributed by atoms with van der Waals surface area (Å²) < 4.78 is 0. The molecule has 78 valence electrons. The van der Waals surface area contributed by atoms with Gasteiger partial charge in [0.25, 0.3) is 0 Å². The second-order valence-electron chi connectivity index (χ2n) is 2.82. The lowest BCUT2D eigenvalue weighted by atomic mass is 10.4. The number of benzene rings is 1. The number of carboxylic acid groups (broad SMARTS) is 1. The Balaban J connectivity index is 2.86. The van der Waals surface area contributed by atoms with Gasteiger partial charge in [-0.15, -0.1) is 0 Å². The van der Waals surface area contributed by atoms with Gasteiger partial charge in [-0.25, -0.2) is 4.79 Å². The zero-order valence-corrected chi connectivity index (χ0v) is 8.95. The number of aliphatic carboxylic acids is 1. The number of ketones is 1. The van der Waals surface area contributed by atoms with Crippen molar-refractivity contribution in [2.24, 2.45) is 0 Å². The second kappa shape index (κ2) is 5.36. The lowest BCUT2D eigenvalue weighted by molar-refractivity contribution is -0.131. The summed E-state index contributed by atoms with van der Waals surface area (Å²) in [6.07, 6.45) is 0.931. The molecule has 1 aromatic rings. The Labute approximate surface area is 91.8 Å². The van der Waals surface area contributed by atoms with Crippen molar-refractivity contribution in [1.82, 2.24) is 0 Å². The molecule has 4 heteroatoms. The quantitative estimate of drug-likeness (QED) is 0.627. The Kier molecular flexibility index (Phi) is 4.12. The van der Waals surface area contributed by atoms with E-state index in [0.29, 0.717) is 0 Å². The highest BCUT2D eigenvalue weighted by molar-refractivity contribution is 8.04. The molecule has 1 rings (SSSR count). The van der Waals surface area contributed by atoms with Crippen molar-refractivity contribution in [1.29, 1.82) is 0 Å². The summed E-state index contributed by atoms with van der Waals surface area (Å²) in [5.74, 6) is -1.35. The highest BCUT2D eigenvalue weighted by atomic mass is 32.2. The van der Waals surface area contributed by atoms with Gasteiger partial charge in [-0.2, -0.15) is 0 Å². The molecule has 0 atom stereocenters. The number of carbonyl (C=O) groups excluding carboxylic acids is 1. The molecule has 3 nitrogen and oxygen atoms in total. The number of allylic oxidation sites excluding steroid dienone is 1. The Bertz CT molecular complexity index is 396. The molecule has 0 bridgehead atoms. The van der Waals surface area contributed by atoms with Crippen molar-refractivity contribution in [2.75, 3.05) is 0 Å². The van der Waals surface area contributed by atoms with Crippen LogP contribution in [0.5, 0.6) is 0 Å². The number of rotatable bonds is 4. The summed E-state index contributed by atoms with van der Waals surface area (Å²) >= 11 is 1.16. The fraction of sp³-hybridized carbons (Fsp3) is 0.0909. The third-order valence-electron chi connectivity index (χ3n) is 1.57. The first-order valence-corrected chi connectivity index (χ1v) is 5.09. The first-order valence-electron chi connectivity index (χ1n) is 4.28. The van der Waals surface area contributed by atoms with Crippen LogP contribution >= 0.6 is 11.8 Å². The molecule has 0 spiro atoms. The maximum absolute atomic E-state index is 11.1. The van der Waals surface area contributed by atoms with Crippen LogP contribution in [-0.2, 0) is 9.59 Å². The number of carbonyl (C=O) groups is 2. The van der Waals surface area contributed by atoms with Crippen molar-refractivity contribution in [3.05, 3.63) is 41.3 Å². The summed E-state index contributed by atoms with van der Waals surface area (Å²) in [7, 11) is 0. The summed E-state index contributed by atoms with van der Waals surface area (Å²) in [5.41, 5.74) is 0.